The number of aliphatic hydroxyl groups excluding tert-OH is 1. The van der Waals surface area contributed by atoms with Gasteiger partial charge in [-0.15, -0.1) is 0 Å². The van der Waals surface area contributed by atoms with Gasteiger partial charge in [0.25, 0.3) is 0 Å². The Hall–Kier alpha value is -4.04. The van der Waals surface area contributed by atoms with Gasteiger partial charge in [0.05, 0.1) is 20.3 Å². The molecule has 0 aromatic heterocycles. The number of carboxylic acid groups (broad SMARTS) is 1. The van der Waals surface area contributed by atoms with Gasteiger partial charge < -0.3 is 29.7 Å². The van der Waals surface area contributed by atoms with Crippen LogP contribution in [0.25, 0.3) is 11.1 Å². The molecule has 0 spiro atoms. The quantitative estimate of drug-likeness (QED) is 0.466. The summed E-state index contributed by atoms with van der Waals surface area (Å²) < 4.78 is 16.0. The molecule has 0 radical (unpaired) electrons. The lowest BCUT2D eigenvalue weighted by Crippen LogP contribution is -2.40. The molecule has 0 unspecified atom stereocenters. The normalized spacial score (nSPS) is 13.9. The third-order valence-electron chi connectivity index (χ3n) is 5.95. The first kappa shape index (κ1) is 23.1. The van der Waals surface area contributed by atoms with E-state index in [1.165, 1.54) is 20.3 Å². The number of fused-ring (bicyclic) bond motifs is 3. The lowest BCUT2D eigenvalue weighted by atomic mass is 9.98. The van der Waals surface area contributed by atoms with Crippen LogP contribution in [-0.2, 0) is 9.53 Å². The highest BCUT2D eigenvalue weighted by Gasteiger charge is 2.32. The number of benzene rings is 3. The van der Waals surface area contributed by atoms with Gasteiger partial charge in [0.2, 0.25) is 0 Å². The fraction of sp³-hybridized carbons (Fsp3) is 0.231. The van der Waals surface area contributed by atoms with Gasteiger partial charge in [-0.05, 0) is 39.9 Å². The number of methoxy groups -OCH3 is 2. The largest absolute Gasteiger partial charge is 0.493 e. The summed E-state index contributed by atoms with van der Waals surface area (Å²) in [5.41, 5.74) is 4.62. The predicted octanol–water partition coefficient (Wildman–Crippen LogP) is 3.73. The van der Waals surface area contributed by atoms with Gasteiger partial charge >= 0.3 is 12.1 Å². The maximum absolute atomic E-state index is 12.7. The standard InChI is InChI=1S/C26H25NO7/c1-32-21-12-11-15(13-22(21)33-2)23(24(28)25(29)30)27-26(31)34-14-20-18-9-5-3-7-16(18)17-8-4-6-10-19(17)20/h3-13,20,23-24,28H,14H2,1-2H3,(H,27,31)(H,29,30)/t23-,24-/m0/s1. The number of carboxylic acids is 1. The third-order valence-corrected chi connectivity index (χ3v) is 5.95. The minimum absolute atomic E-state index is 0.0572. The van der Waals surface area contributed by atoms with Crippen LogP contribution in [0, 0.1) is 0 Å². The summed E-state index contributed by atoms with van der Waals surface area (Å²) in [4.78, 5) is 24.2. The van der Waals surface area contributed by atoms with E-state index in [0.29, 0.717) is 17.1 Å². The van der Waals surface area contributed by atoms with E-state index in [4.69, 9.17) is 14.2 Å². The van der Waals surface area contributed by atoms with Gasteiger partial charge in [-0.2, -0.15) is 0 Å². The number of carbonyl (C=O) groups is 2. The highest BCUT2D eigenvalue weighted by Crippen LogP contribution is 2.44. The summed E-state index contributed by atoms with van der Waals surface area (Å²) in [6, 6.07) is 19.2. The molecular formula is C26H25NO7. The molecule has 1 aliphatic carbocycles. The summed E-state index contributed by atoms with van der Waals surface area (Å²) in [7, 11) is 2.90. The Labute approximate surface area is 196 Å². The molecule has 8 heteroatoms. The molecule has 3 N–H and O–H groups in total. The first-order chi connectivity index (χ1) is 16.4. The van der Waals surface area contributed by atoms with Crippen molar-refractivity contribution in [3.05, 3.63) is 83.4 Å². The highest BCUT2D eigenvalue weighted by molar-refractivity contribution is 5.79. The van der Waals surface area contributed by atoms with Crippen LogP contribution in [0.15, 0.2) is 66.7 Å². The molecule has 0 fully saturated rings. The molecule has 1 amide bonds. The Bertz CT molecular complexity index is 1160. The zero-order chi connectivity index (χ0) is 24.2. The van der Waals surface area contributed by atoms with Gasteiger partial charge in [0, 0.05) is 5.92 Å². The maximum atomic E-state index is 12.7. The second-order valence-corrected chi connectivity index (χ2v) is 7.85. The molecule has 8 nitrogen and oxygen atoms in total. The first-order valence-electron chi connectivity index (χ1n) is 10.7. The number of aliphatic hydroxyl groups is 1. The Morgan fingerprint density at radius 2 is 1.50 bits per heavy atom. The van der Waals surface area contributed by atoms with Gasteiger partial charge in [-0.1, -0.05) is 54.6 Å². The van der Waals surface area contributed by atoms with E-state index in [-0.39, 0.29) is 12.5 Å². The van der Waals surface area contributed by atoms with E-state index in [9.17, 15) is 19.8 Å². The number of hydrogen-bond acceptors (Lipinski definition) is 6. The van der Waals surface area contributed by atoms with Gasteiger partial charge in [-0.3, -0.25) is 0 Å². The molecule has 0 saturated heterocycles. The summed E-state index contributed by atoms with van der Waals surface area (Å²) in [6.45, 7) is 0.0572. The number of ether oxygens (including phenoxy) is 3. The van der Waals surface area contributed by atoms with Crippen molar-refractivity contribution < 1.29 is 34.0 Å². The number of alkyl carbamates (subject to hydrolysis) is 1. The minimum atomic E-state index is -1.90. The van der Waals surface area contributed by atoms with Crippen molar-refractivity contribution >= 4 is 12.1 Å². The molecule has 0 saturated carbocycles. The van der Waals surface area contributed by atoms with Gasteiger partial charge in [-0.25, -0.2) is 9.59 Å². The maximum Gasteiger partial charge on any atom is 0.407 e. The zero-order valence-corrected chi connectivity index (χ0v) is 18.7. The number of amides is 1. The lowest BCUT2D eigenvalue weighted by Gasteiger charge is -2.23. The number of hydrogen-bond donors (Lipinski definition) is 3. The zero-order valence-electron chi connectivity index (χ0n) is 18.7. The summed E-state index contributed by atoms with van der Waals surface area (Å²) in [5.74, 6) is -0.881. The van der Waals surface area contributed by atoms with Crippen molar-refractivity contribution in [3.8, 4) is 22.6 Å². The van der Waals surface area contributed by atoms with Crippen LogP contribution < -0.4 is 14.8 Å². The average Bonchev–Trinajstić information content (AvgIpc) is 3.18. The lowest BCUT2D eigenvalue weighted by molar-refractivity contribution is -0.148. The van der Waals surface area contributed by atoms with E-state index in [1.54, 1.807) is 12.1 Å². The SMILES string of the molecule is COc1ccc([C@H](NC(=O)OCC2c3ccccc3-c3ccccc32)[C@H](O)C(=O)O)cc1OC. The Morgan fingerprint density at radius 1 is 0.912 bits per heavy atom. The van der Waals surface area contributed by atoms with E-state index >= 15 is 0 Å². The average molecular weight is 463 g/mol. The Balaban J connectivity index is 1.53. The predicted molar refractivity (Wildman–Crippen MR) is 124 cm³/mol. The molecule has 34 heavy (non-hydrogen) atoms. The number of aliphatic carboxylic acids is 1. The second kappa shape index (κ2) is 9.84. The van der Waals surface area contributed by atoms with E-state index in [0.717, 1.165) is 22.3 Å². The van der Waals surface area contributed by atoms with Crippen LogP contribution in [0.1, 0.15) is 28.7 Å². The molecule has 4 rings (SSSR count). The van der Waals surface area contributed by atoms with Crippen LogP contribution in [0.3, 0.4) is 0 Å². The van der Waals surface area contributed by atoms with Crippen molar-refractivity contribution in [1.29, 1.82) is 0 Å². The van der Waals surface area contributed by atoms with Crippen LogP contribution in [0.4, 0.5) is 4.79 Å². The smallest absolute Gasteiger partial charge is 0.407 e. The van der Waals surface area contributed by atoms with Crippen molar-refractivity contribution in [2.24, 2.45) is 0 Å². The van der Waals surface area contributed by atoms with E-state index in [1.807, 2.05) is 48.5 Å². The van der Waals surface area contributed by atoms with E-state index < -0.39 is 24.2 Å². The molecule has 1 aliphatic rings. The molecule has 3 aromatic rings. The molecular weight excluding hydrogens is 438 g/mol. The Kier molecular flexibility index (Phi) is 6.70. The molecule has 0 heterocycles. The molecule has 0 bridgehead atoms. The fourth-order valence-corrected chi connectivity index (χ4v) is 4.30. The number of rotatable bonds is 8. The van der Waals surface area contributed by atoms with Crippen LogP contribution in [0.5, 0.6) is 11.5 Å². The van der Waals surface area contributed by atoms with Crippen molar-refractivity contribution in [2.45, 2.75) is 18.1 Å². The van der Waals surface area contributed by atoms with Crippen molar-refractivity contribution in [2.75, 3.05) is 20.8 Å². The molecule has 176 valence electrons. The Morgan fingerprint density at radius 3 is 2.06 bits per heavy atom. The monoisotopic (exact) mass is 463 g/mol. The summed E-state index contributed by atoms with van der Waals surface area (Å²) in [5, 5.41) is 22.1. The second-order valence-electron chi connectivity index (χ2n) is 7.85. The fourth-order valence-electron chi connectivity index (χ4n) is 4.30. The van der Waals surface area contributed by atoms with Crippen LogP contribution >= 0.6 is 0 Å². The topological polar surface area (TPSA) is 114 Å². The van der Waals surface area contributed by atoms with Crippen molar-refractivity contribution in [1.82, 2.24) is 5.32 Å². The minimum Gasteiger partial charge on any atom is -0.493 e. The summed E-state index contributed by atoms with van der Waals surface area (Å²) in [6.07, 6.45) is -2.75. The number of nitrogens with one attached hydrogen (secondary N) is 1. The molecule has 0 aliphatic heterocycles. The highest BCUT2D eigenvalue weighted by atomic mass is 16.5. The van der Waals surface area contributed by atoms with E-state index in [2.05, 4.69) is 5.32 Å². The number of carbonyl (C=O) groups excluding carboxylic acids is 1. The first-order valence-corrected chi connectivity index (χ1v) is 10.7. The third kappa shape index (κ3) is 4.40. The van der Waals surface area contributed by atoms with Gasteiger partial charge in [0.15, 0.2) is 17.6 Å². The summed E-state index contributed by atoms with van der Waals surface area (Å²) >= 11 is 0. The molecule has 3 aromatic carbocycles. The molecule has 2 atom stereocenters. The van der Waals surface area contributed by atoms with Crippen molar-refractivity contribution in [3.63, 3.8) is 0 Å². The van der Waals surface area contributed by atoms with Gasteiger partial charge in [0.1, 0.15) is 6.61 Å². The van der Waals surface area contributed by atoms with Crippen LogP contribution in [-0.4, -0.2) is 49.2 Å². The van der Waals surface area contributed by atoms with Crippen LogP contribution in [0.2, 0.25) is 0 Å².